The third-order valence-electron chi connectivity index (χ3n) is 6.52. The summed E-state index contributed by atoms with van der Waals surface area (Å²) in [6.45, 7) is 2.31. The van der Waals surface area contributed by atoms with Crippen LogP contribution in [0.3, 0.4) is 0 Å². The molecule has 0 N–H and O–H groups in total. The molecule has 2 heterocycles. The summed E-state index contributed by atoms with van der Waals surface area (Å²) < 4.78 is 0. The van der Waals surface area contributed by atoms with E-state index in [1.165, 1.54) is 11.1 Å². The molecule has 0 bridgehead atoms. The van der Waals surface area contributed by atoms with E-state index in [-0.39, 0.29) is 17.4 Å². The van der Waals surface area contributed by atoms with Gasteiger partial charge in [-0.2, -0.15) is 0 Å². The minimum atomic E-state index is 0.0177. The highest BCUT2D eigenvalue weighted by molar-refractivity contribution is 5.78. The number of aryl methyl sites for hydroxylation is 1. The number of fused-ring (bicyclic) bond motifs is 3. The van der Waals surface area contributed by atoms with E-state index in [0.717, 1.165) is 30.5 Å². The number of aromatic nitrogens is 4. The summed E-state index contributed by atoms with van der Waals surface area (Å²) in [5.41, 5.74) is 4.61. The van der Waals surface area contributed by atoms with Crippen LogP contribution >= 0.6 is 0 Å². The number of tetrazole rings is 1. The molecule has 142 valence electrons. The van der Waals surface area contributed by atoms with Crippen LogP contribution in [0.1, 0.15) is 37.3 Å². The van der Waals surface area contributed by atoms with Crippen LogP contribution in [-0.2, 0) is 16.6 Å². The van der Waals surface area contributed by atoms with E-state index >= 15 is 0 Å². The molecule has 6 nitrogen and oxygen atoms in total. The Morgan fingerprint density at radius 2 is 1.93 bits per heavy atom. The first kappa shape index (κ1) is 17.1. The highest BCUT2D eigenvalue weighted by Crippen LogP contribution is 2.46. The van der Waals surface area contributed by atoms with Gasteiger partial charge in [-0.1, -0.05) is 37.3 Å². The third-order valence-corrected chi connectivity index (χ3v) is 6.52. The number of carbonyl (C=O) groups is 1. The fourth-order valence-electron chi connectivity index (χ4n) is 4.93. The van der Waals surface area contributed by atoms with Crippen LogP contribution in [0.5, 0.6) is 0 Å². The Hall–Kier alpha value is -3.02. The predicted molar refractivity (Wildman–Crippen MR) is 106 cm³/mol. The maximum Gasteiger partial charge on any atom is 0.222 e. The summed E-state index contributed by atoms with van der Waals surface area (Å²) in [6, 6.07) is 16.6. The monoisotopic (exact) mass is 373 g/mol. The molecule has 1 amide bonds. The molecule has 0 radical (unpaired) electrons. The molecule has 28 heavy (non-hydrogen) atoms. The molecular formula is C22H23N5O. The van der Waals surface area contributed by atoms with Gasteiger partial charge in [-0.15, -0.1) is 15.0 Å². The van der Waals surface area contributed by atoms with Gasteiger partial charge in [-0.25, -0.2) is 0 Å². The van der Waals surface area contributed by atoms with Crippen LogP contribution in [0.25, 0.3) is 17.1 Å². The molecule has 0 unspecified atom stereocenters. The lowest BCUT2D eigenvalue weighted by molar-refractivity contribution is -0.138. The van der Waals surface area contributed by atoms with Crippen molar-refractivity contribution in [2.24, 2.45) is 0 Å². The number of benzene rings is 2. The van der Waals surface area contributed by atoms with Gasteiger partial charge in [0.2, 0.25) is 11.7 Å². The number of hydrogen-bond donors (Lipinski definition) is 0. The lowest BCUT2D eigenvalue weighted by Crippen LogP contribution is -2.56. The number of nitrogens with zero attached hydrogens (tertiary/aromatic N) is 5. The van der Waals surface area contributed by atoms with Crippen molar-refractivity contribution >= 4 is 5.91 Å². The van der Waals surface area contributed by atoms with Crippen molar-refractivity contribution in [3.05, 3.63) is 59.7 Å². The first-order valence-electron chi connectivity index (χ1n) is 9.81. The molecule has 2 aromatic carbocycles. The lowest BCUT2D eigenvalue weighted by atomic mass is 9.63. The van der Waals surface area contributed by atoms with Crippen molar-refractivity contribution in [3.63, 3.8) is 0 Å². The number of amides is 1. The van der Waals surface area contributed by atoms with Gasteiger partial charge < -0.3 is 4.90 Å². The summed E-state index contributed by atoms with van der Waals surface area (Å²) in [5, 5.41) is 13.0. The molecule has 0 saturated carbocycles. The second kappa shape index (κ2) is 6.26. The Morgan fingerprint density at radius 1 is 1.11 bits per heavy atom. The number of likely N-dealkylation sites (tertiary alicyclic amines) is 1. The van der Waals surface area contributed by atoms with Gasteiger partial charge in [-0.05, 0) is 53.8 Å². The molecule has 1 aliphatic carbocycles. The van der Waals surface area contributed by atoms with E-state index < -0.39 is 0 Å². The number of piperidine rings is 1. The summed E-state index contributed by atoms with van der Waals surface area (Å²) in [4.78, 5) is 15.7. The largest absolute Gasteiger partial charge is 0.342 e. The van der Waals surface area contributed by atoms with Crippen molar-refractivity contribution in [3.8, 4) is 17.1 Å². The van der Waals surface area contributed by atoms with Crippen LogP contribution in [0.2, 0.25) is 0 Å². The van der Waals surface area contributed by atoms with Gasteiger partial charge in [0.1, 0.15) is 0 Å². The molecule has 1 saturated heterocycles. The summed E-state index contributed by atoms with van der Waals surface area (Å²) in [6.07, 6.45) is 3.50. The number of para-hydroxylation sites is 1. The molecule has 5 rings (SSSR count). The summed E-state index contributed by atoms with van der Waals surface area (Å²) in [5.74, 6) is 0.902. The molecule has 2 aliphatic rings. The zero-order chi connectivity index (χ0) is 19.3. The standard InChI is InChI=1S/C22H23N5O/c1-22-13-12-20(28)26(2)19(22)11-9-15-14-16(8-10-18(15)22)21-23-25-27(24-21)17-6-4-3-5-7-17/h3-8,10,14,19H,9,11-13H2,1-2H3/t19-,22-/m1/s1. The minimum Gasteiger partial charge on any atom is -0.342 e. The smallest absolute Gasteiger partial charge is 0.222 e. The molecule has 3 aromatic rings. The van der Waals surface area contributed by atoms with Crippen molar-refractivity contribution in [1.82, 2.24) is 25.1 Å². The number of likely N-dealkylation sites (N-methyl/N-ethyl adjacent to an activating group) is 1. The van der Waals surface area contributed by atoms with Gasteiger partial charge in [0.15, 0.2) is 0 Å². The summed E-state index contributed by atoms with van der Waals surface area (Å²) >= 11 is 0. The van der Waals surface area contributed by atoms with E-state index in [4.69, 9.17) is 0 Å². The third kappa shape index (κ3) is 2.55. The molecule has 1 fully saturated rings. The fraction of sp³-hybridized carbons (Fsp3) is 0.364. The Labute approximate surface area is 164 Å². The van der Waals surface area contributed by atoms with E-state index in [1.807, 2.05) is 42.3 Å². The SMILES string of the molecule is CN1C(=O)CC[C@]2(C)c3ccc(-c4nnn(-c5ccccc5)n4)cc3CC[C@@H]12. The zero-order valence-corrected chi connectivity index (χ0v) is 16.2. The van der Waals surface area contributed by atoms with Crippen LogP contribution in [0.4, 0.5) is 0 Å². The number of rotatable bonds is 2. The van der Waals surface area contributed by atoms with Crippen molar-refractivity contribution in [2.75, 3.05) is 7.05 Å². The van der Waals surface area contributed by atoms with Gasteiger partial charge in [0, 0.05) is 30.5 Å². The van der Waals surface area contributed by atoms with Crippen molar-refractivity contribution in [1.29, 1.82) is 0 Å². The van der Waals surface area contributed by atoms with Crippen LogP contribution in [0, 0.1) is 0 Å². The van der Waals surface area contributed by atoms with E-state index in [0.29, 0.717) is 12.2 Å². The molecule has 1 aliphatic heterocycles. The van der Waals surface area contributed by atoms with Gasteiger partial charge in [-0.3, -0.25) is 4.79 Å². The average molecular weight is 373 g/mol. The van der Waals surface area contributed by atoms with E-state index in [2.05, 4.69) is 40.5 Å². The zero-order valence-electron chi connectivity index (χ0n) is 16.2. The average Bonchev–Trinajstić information content (AvgIpc) is 3.22. The predicted octanol–water partition coefficient (Wildman–Crippen LogP) is 3.15. The lowest BCUT2D eigenvalue weighted by Gasteiger charge is -2.50. The van der Waals surface area contributed by atoms with Gasteiger partial charge in [0.25, 0.3) is 0 Å². The number of hydrogen-bond acceptors (Lipinski definition) is 4. The van der Waals surface area contributed by atoms with Gasteiger partial charge in [0.05, 0.1) is 5.69 Å². The van der Waals surface area contributed by atoms with Crippen LogP contribution in [0.15, 0.2) is 48.5 Å². The quantitative estimate of drug-likeness (QED) is 0.692. The first-order chi connectivity index (χ1) is 13.6. The Kier molecular flexibility index (Phi) is 3.82. The Morgan fingerprint density at radius 3 is 2.75 bits per heavy atom. The Bertz CT molecular complexity index is 1040. The number of carbonyl (C=O) groups excluding carboxylic acids is 1. The van der Waals surface area contributed by atoms with Gasteiger partial charge >= 0.3 is 0 Å². The second-order valence-corrected chi connectivity index (χ2v) is 8.09. The first-order valence-corrected chi connectivity index (χ1v) is 9.81. The Balaban J connectivity index is 1.50. The summed E-state index contributed by atoms with van der Waals surface area (Å²) in [7, 11) is 1.95. The van der Waals surface area contributed by atoms with Crippen molar-refractivity contribution < 1.29 is 4.79 Å². The van der Waals surface area contributed by atoms with Crippen LogP contribution in [-0.4, -0.2) is 44.1 Å². The molecule has 0 spiro atoms. The normalized spacial score (nSPS) is 24.0. The minimum absolute atomic E-state index is 0.0177. The highest BCUT2D eigenvalue weighted by Gasteiger charge is 2.46. The molecule has 2 atom stereocenters. The van der Waals surface area contributed by atoms with E-state index in [9.17, 15) is 4.79 Å². The van der Waals surface area contributed by atoms with Crippen molar-refractivity contribution in [2.45, 2.75) is 44.1 Å². The maximum atomic E-state index is 12.2. The fourth-order valence-corrected chi connectivity index (χ4v) is 4.93. The highest BCUT2D eigenvalue weighted by atomic mass is 16.2. The maximum absolute atomic E-state index is 12.2. The van der Waals surface area contributed by atoms with Crippen LogP contribution < -0.4 is 0 Å². The molecule has 6 heteroatoms. The molecule has 1 aromatic heterocycles. The molecular weight excluding hydrogens is 350 g/mol. The van der Waals surface area contributed by atoms with E-state index in [1.54, 1.807) is 4.80 Å². The second-order valence-electron chi connectivity index (χ2n) is 8.09. The topological polar surface area (TPSA) is 63.9 Å².